The lowest BCUT2D eigenvalue weighted by atomic mass is 10.0. The van der Waals surface area contributed by atoms with Crippen molar-refractivity contribution in [3.05, 3.63) is 11.8 Å². The highest BCUT2D eigenvalue weighted by molar-refractivity contribution is 7.99. The summed E-state index contributed by atoms with van der Waals surface area (Å²) in [5.74, 6) is 2.95. The first-order valence-electron chi connectivity index (χ1n) is 7.64. The molecule has 0 aromatic rings. The predicted octanol–water partition coefficient (Wildman–Crippen LogP) is 2.39. The van der Waals surface area contributed by atoms with Gasteiger partial charge in [0.25, 0.3) is 0 Å². The van der Waals surface area contributed by atoms with Crippen molar-refractivity contribution in [2.24, 2.45) is 5.92 Å². The summed E-state index contributed by atoms with van der Waals surface area (Å²) in [5.41, 5.74) is 1.32. The van der Waals surface area contributed by atoms with E-state index in [-0.39, 0.29) is 0 Å². The van der Waals surface area contributed by atoms with Crippen LogP contribution in [0.25, 0.3) is 0 Å². The van der Waals surface area contributed by atoms with E-state index in [2.05, 4.69) is 16.3 Å². The maximum atomic E-state index is 12.5. The number of thioether (sulfide) groups is 1. The quantitative estimate of drug-likeness (QED) is 0.811. The fourth-order valence-electron chi connectivity index (χ4n) is 2.82. The third kappa shape index (κ3) is 3.54. The van der Waals surface area contributed by atoms with Crippen LogP contribution in [-0.2, 0) is 4.79 Å². The first-order chi connectivity index (χ1) is 9.34. The molecule has 3 rings (SSSR count). The first kappa shape index (κ1) is 13.5. The normalized spacial score (nSPS) is 23.7. The standard InChI is InChI=1S/C15H24N2OS/c18-15(11-19-10-12-8-16-9-12)17(14-6-7-14)13-4-2-1-3-5-13/h4,12,14,16H,1-3,5-11H2. The molecule has 0 unspecified atom stereocenters. The van der Waals surface area contributed by atoms with Gasteiger partial charge in [-0.3, -0.25) is 4.79 Å². The maximum Gasteiger partial charge on any atom is 0.236 e. The van der Waals surface area contributed by atoms with Gasteiger partial charge in [-0.15, -0.1) is 0 Å². The SMILES string of the molecule is O=C(CSCC1CNC1)N(C1=CCCCC1)C1CC1. The summed E-state index contributed by atoms with van der Waals surface area (Å²) >= 11 is 1.82. The summed E-state index contributed by atoms with van der Waals surface area (Å²) < 4.78 is 0. The Labute approximate surface area is 120 Å². The fraction of sp³-hybridized carbons (Fsp3) is 0.800. The van der Waals surface area contributed by atoms with Crippen LogP contribution < -0.4 is 5.32 Å². The fourth-order valence-corrected chi connectivity index (χ4v) is 3.82. The molecule has 0 aromatic heterocycles. The third-order valence-electron chi connectivity index (χ3n) is 4.20. The van der Waals surface area contributed by atoms with Crippen molar-refractivity contribution in [1.82, 2.24) is 10.2 Å². The monoisotopic (exact) mass is 280 g/mol. The van der Waals surface area contributed by atoms with Gasteiger partial charge in [-0.25, -0.2) is 0 Å². The Morgan fingerprint density at radius 2 is 2.21 bits per heavy atom. The van der Waals surface area contributed by atoms with Crippen LogP contribution in [0.15, 0.2) is 11.8 Å². The zero-order chi connectivity index (χ0) is 13.1. The molecule has 0 radical (unpaired) electrons. The van der Waals surface area contributed by atoms with Crippen molar-refractivity contribution in [2.75, 3.05) is 24.6 Å². The molecule has 4 heteroatoms. The second kappa shape index (κ2) is 6.31. The van der Waals surface area contributed by atoms with Gasteiger partial charge in [0.05, 0.1) is 5.75 Å². The van der Waals surface area contributed by atoms with Crippen LogP contribution in [0.5, 0.6) is 0 Å². The van der Waals surface area contributed by atoms with E-state index in [0.717, 1.165) is 37.6 Å². The molecule has 0 bridgehead atoms. The number of nitrogens with zero attached hydrogens (tertiary/aromatic N) is 1. The summed E-state index contributed by atoms with van der Waals surface area (Å²) in [6, 6.07) is 0.530. The van der Waals surface area contributed by atoms with Gasteiger partial charge in [0, 0.05) is 11.7 Å². The summed E-state index contributed by atoms with van der Waals surface area (Å²) in [5, 5.41) is 3.28. The summed E-state index contributed by atoms with van der Waals surface area (Å²) in [4.78, 5) is 14.6. The van der Waals surface area contributed by atoms with Gasteiger partial charge >= 0.3 is 0 Å². The molecule has 1 N–H and O–H groups in total. The summed E-state index contributed by atoms with van der Waals surface area (Å²) in [6.07, 6.45) is 9.54. The van der Waals surface area contributed by atoms with Gasteiger partial charge in [0.1, 0.15) is 0 Å². The molecule has 19 heavy (non-hydrogen) atoms. The Kier molecular flexibility index (Phi) is 4.49. The zero-order valence-electron chi connectivity index (χ0n) is 11.6. The molecule has 3 nitrogen and oxygen atoms in total. The van der Waals surface area contributed by atoms with Crippen LogP contribution in [0.2, 0.25) is 0 Å². The van der Waals surface area contributed by atoms with Crippen molar-refractivity contribution in [2.45, 2.75) is 44.6 Å². The smallest absolute Gasteiger partial charge is 0.236 e. The van der Waals surface area contributed by atoms with Gasteiger partial charge in [-0.05, 0) is 63.3 Å². The van der Waals surface area contributed by atoms with Crippen LogP contribution in [0, 0.1) is 5.92 Å². The van der Waals surface area contributed by atoms with E-state index in [1.165, 1.54) is 31.4 Å². The third-order valence-corrected chi connectivity index (χ3v) is 5.36. The minimum Gasteiger partial charge on any atom is -0.316 e. The Morgan fingerprint density at radius 1 is 1.37 bits per heavy atom. The van der Waals surface area contributed by atoms with Crippen molar-refractivity contribution in [3.8, 4) is 0 Å². The maximum absolute atomic E-state index is 12.5. The lowest BCUT2D eigenvalue weighted by molar-refractivity contribution is -0.127. The highest BCUT2D eigenvalue weighted by atomic mass is 32.2. The number of allylic oxidation sites excluding steroid dienone is 2. The number of carbonyl (C=O) groups excluding carboxylic acids is 1. The van der Waals surface area contributed by atoms with Gasteiger partial charge < -0.3 is 10.2 Å². The zero-order valence-corrected chi connectivity index (χ0v) is 12.4. The van der Waals surface area contributed by atoms with Crippen molar-refractivity contribution >= 4 is 17.7 Å². The molecule has 1 saturated heterocycles. The molecule has 1 saturated carbocycles. The second-order valence-electron chi connectivity index (χ2n) is 5.98. The molecule has 2 fully saturated rings. The first-order valence-corrected chi connectivity index (χ1v) is 8.79. The van der Waals surface area contributed by atoms with Crippen LogP contribution in [0.3, 0.4) is 0 Å². The molecular weight excluding hydrogens is 256 g/mol. The predicted molar refractivity (Wildman–Crippen MR) is 80.1 cm³/mol. The van der Waals surface area contributed by atoms with E-state index < -0.39 is 0 Å². The number of carbonyl (C=O) groups is 1. The average molecular weight is 280 g/mol. The highest BCUT2D eigenvalue weighted by Gasteiger charge is 2.34. The second-order valence-corrected chi connectivity index (χ2v) is 7.01. The molecule has 0 aromatic carbocycles. The molecule has 1 amide bonds. The van der Waals surface area contributed by atoms with Gasteiger partial charge in [0.15, 0.2) is 0 Å². The minimum atomic E-state index is 0.355. The Morgan fingerprint density at radius 3 is 2.79 bits per heavy atom. The van der Waals surface area contributed by atoms with E-state index in [1.54, 1.807) is 0 Å². The molecule has 0 atom stereocenters. The number of amides is 1. The average Bonchev–Trinajstić information content (AvgIpc) is 3.18. The van der Waals surface area contributed by atoms with E-state index in [0.29, 0.717) is 17.7 Å². The van der Waals surface area contributed by atoms with Crippen molar-refractivity contribution in [3.63, 3.8) is 0 Å². The molecule has 1 aliphatic heterocycles. The highest BCUT2D eigenvalue weighted by Crippen LogP contribution is 2.34. The van der Waals surface area contributed by atoms with Crippen molar-refractivity contribution in [1.29, 1.82) is 0 Å². The van der Waals surface area contributed by atoms with Crippen LogP contribution in [-0.4, -0.2) is 41.4 Å². The molecule has 2 aliphatic carbocycles. The van der Waals surface area contributed by atoms with E-state index in [1.807, 2.05) is 11.8 Å². The van der Waals surface area contributed by atoms with E-state index in [9.17, 15) is 4.79 Å². The molecule has 3 aliphatic rings. The number of hydrogen-bond donors (Lipinski definition) is 1. The lowest BCUT2D eigenvalue weighted by Crippen LogP contribution is -2.43. The van der Waals surface area contributed by atoms with Gasteiger partial charge in [-0.2, -0.15) is 11.8 Å². The number of nitrogens with one attached hydrogen (secondary N) is 1. The van der Waals surface area contributed by atoms with E-state index in [4.69, 9.17) is 0 Å². The van der Waals surface area contributed by atoms with Gasteiger partial charge in [-0.1, -0.05) is 6.08 Å². The molecule has 106 valence electrons. The van der Waals surface area contributed by atoms with Crippen LogP contribution in [0.1, 0.15) is 38.5 Å². The molecule has 0 spiro atoms. The molecular formula is C15H24N2OS. The van der Waals surface area contributed by atoms with E-state index >= 15 is 0 Å². The lowest BCUT2D eigenvalue weighted by Gasteiger charge is -2.29. The number of rotatable bonds is 6. The largest absolute Gasteiger partial charge is 0.316 e. The van der Waals surface area contributed by atoms with Crippen molar-refractivity contribution < 1.29 is 4.79 Å². The van der Waals surface area contributed by atoms with Crippen LogP contribution >= 0.6 is 11.8 Å². The van der Waals surface area contributed by atoms with Gasteiger partial charge in [0.2, 0.25) is 5.91 Å². The number of hydrogen-bond acceptors (Lipinski definition) is 3. The topological polar surface area (TPSA) is 32.3 Å². The summed E-state index contributed by atoms with van der Waals surface area (Å²) in [6.45, 7) is 2.28. The Bertz CT molecular complexity index is 361. The van der Waals surface area contributed by atoms with Crippen LogP contribution in [0.4, 0.5) is 0 Å². The Balaban J connectivity index is 1.50. The Hall–Kier alpha value is -0.480. The summed E-state index contributed by atoms with van der Waals surface area (Å²) in [7, 11) is 0. The molecule has 1 heterocycles. The minimum absolute atomic E-state index is 0.355.